The Morgan fingerprint density at radius 2 is 1.97 bits per heavy atom. The number of aromatic nitrogens is 2. The highest BCUT2D eigenvalue weighted by molar-refractivity contribution is 5.94. The topological polar surface area (TPSA) is 111 Å². The molecule has 174 valence electrons. The molecule has 1 aliphatic rings. The van der Waals surface area contributed by atoms with Crippen LogP contribution in [0.5, 0.6) is 0 Å². The molecule has 3 rings (SSSR count). The molecule has 0 saturated carbocycles. The molecule has 2 heterocycles. The average Bonchev–Trinajstić information content (AvgIpc) is 2.73. The minimum Gasteiger partial charge on any atom is -0.475 e. The van der Waals surface area contributed by atoms with E-state index < -0.39 is 12.1 Å². The van der Waals surface area contributed by atoms with Crippen molar-refractivity contribution in [3.63, 3.8) is 0 Å². The highest BCUT2D eigenvalue weighted by Gasteiger charge is 2.38. The van der Waals surface area contributed by atoms with E-state index in [2.05, 4.69) is 10.3 Å². The molecule has 0 bridgehead atoms. The number of carbonyl (C=O) groups excluding carboxylic acids is 1. The predicted octanol–water partition coefficient (Wildman–Crippen LogP) is 2.12. The second kappa shape index (κ2) is 10.9. The van der Waals surface area contributed by atoms with Crippen LogP contribution in [0.1, 0.15) is 33.7 Å². The van der Waals surface area contributed by atoms with E-state index >= 15 is 0 Å². The normalized spacial score (nSPS) is 15.2. The molecular weight excluding hydrogens is 431 g/mol. The number of hydrogen-bond donors (Lipinski definition) is 2. The standard InChI is InChI=1S/C19H23N3O3.C2HF3O2/c1-13-3-4-15(12-20-13)19(24)21-16-6-7-17-14(11-16)5-8-18(23)22(17)9-10-25-2;3-2(4,5)1(6)7/h3-5,8,12,16H,6-7,9-11H2,1-2H3,(H,21,24);(H,6,7). The third kappa shape index (κ3) is 6.91. The van der Waals surface area contributed by atoms with Gasteiger partial charge in [0.1, 0.15) is 0 Å². The minimum atomic E-state index is -5.08. The summed E-state index contributed by atoms with van der Waals surface area (Å²) in [6, 6.07) is 7.17. The molecule has 0 fully saturated rings. The van der Waals surface area contributed by atoms with E-state index in [0.29, 0.717) is 18.7 Å². The molecule has 0 saturated heterocycles. The van der Waals surface area contributed by atoms with E-state index in [1.165, 1.54) is 0 Å². The number of carboxylic acid groups (broad SMARTS) is 1. The summed E-state index contributed by atoms with van der Waals surface area (Å²) in [5, 5.41) is 10.2. The number of methoxy groups -OCH3 is 1. The van der Waals surface area contributed by atoms with Gasteiger partial charge in [-0.2, -0.15) is 13.2 Å². The number of carboxylic acids is 1. The molecule has 2 N–H and O–H groups in total. The zero-order valence-corrected chi connectivity index (χ0v) is 17.6. The zero-order valence-electron chi connectivity index (χ0n) is 17.6. The van der Waals surface area contributed by atoms with E-state index in [1.807, 2.05) is 19.1 Å². The Morgan fingerprint density at radius 3 is 2.53 bits per heavy atom. The van der Waals surface area contributed by atoms with Gasteiger partial charge in [-0.15, -0.1) is 0 Å². The number of aliphatic carboxylic acids is 1. The van der Waals surface area contributed by atoms with Crippen molar-refractivity contribution in [3.05, 3.63) is 63.3 Å². The molecule has 0 radical (unpaired) electrons. The van der Waals surface area contributed by atoms with Crippen LogP contribution in [0.15, 0.2) is 35.3 Å². The summed E-state index contributed by atoms with van der Waals surface area (Å²) >= 11 is 0. The van der Waals surface area contributed by atoms with Gasteiger partial charge >= 0.3 is 12.1 Å². The lowest BCUT2D eigenvalue weighted by molar-refractivity contribution is -0.192. The van der Waals surface area contributed by atoms with E-state index in [1.54, 1.807) is 30.0 Å². The van der Waals surface area contributed by atoms with Crippen molar-refractivity contribution in [3.8, 4) is 0 Å². The van der Waals surface area contributed by atoms with Gasteiger partial charge in [-0.1, -0.05) is 6.07 Å². The third-order valence-electron chi connectivity index (χ3n) is 4.86. The predicted molar refractivity (Wildman–Crippen MR) is 109 cm³/mol. The van der Waals surface area contributed by atoms with Gasteiger partial charge in [0.25, 0.3) is 11.5 Å². The molecule has 1 amide bonds. The smallest absolute Gasteiger partial charge is 0.475 e. The molecular formula is C21H24F3N3O5. The van der Waals surface area contributed by atoms with Gasteiger partial charge < -0.3 is 19.7 Å². The summed E-state index contributed by atoms with van der Waals surface area (Å²) < 4.78 is 38.6. The van der Waals surface area contributed by atoms with Crippen molar-refractivity contribution in [1.82, 2.24) is 14.9 Å². The molecule has 32 heavy (non-hydrogen) atoms. The van der Waals surface area contributed by atoms with Gasteiger partial charge in [-0.3, -0.25) is 14.6 Å². The van der Waals surface area contributed by atoms with Crippen molar-refractivity contribution < 1.29 is 32.6 Å². The van der Waals surface area contributed by atoms with Crippen LogP contribution in [-0.4, -0.2) is 52.5 Å². The lowest BCUT2D eigenvalue weighted by Crippen LogP contribution is -2.40. The van der Waals surface area contributed by atoms with Crippen molar-refractivity contribution >= 4 is 11.9 Å². The Bertz CT molecular complexity index is 1000. The number of aryl methyl sites for hydroxylation is 1. The lowest BCUT2D eigenvalue weighted by Gasteiger charge is -2.27. The van der Waals surface area contributed by atoms with Crippen LogP contribution in [0.25, 0.3) is 0 Å². The summed E-state index contributed by atoms with van der Waals surface area (Å²) in [5.74, 6) is -2.86. The van der Waals surface area contributed by atoms with Gasteiger partial charge in [0, 0.05) is 43.3 Å². The van der Waals surface area contributed by atoms with E-state index in [-0.39, 0.29) is 17.5 Å². The molecule has 1 aliphatic carbocycles. The van der Waals surface area contributed by atoms with E-state index in [9.17, 15) is 22.8 Å². The summed E-state index contributed by atoms with van der Waals surface area (Å²) in [7, 11) is 1.63. The van der Waals surface area contributed by atoms with Crippen LogP contribution in [0, 0.1) is 6.92 Å². The van der Waals surface area contributed by atoms with E-state index in [0.717, 1.165) is 36.2 Å². The Hall–Kier alpha value is -3.21. The maximum Gasteiger partial charge on any atom is 0.490 e. The molecule has 1 unspecified atom stereocenters. The number of halogens is 3. The van der Waals surface area contributed by atoms with Crippen molar-refractivity contribution in [2.75, 3.05) is 13.7 Å². The second-order valence-electron chi connectivity index (χ2n) is 7.19. The van der Waals surface area contributed by atoms with Crippen LogP contribution < -0.4 is 10.9 Å². The summed E-state index contributed by atoms with van der Waals surface area (Å²) in [5.41, 5.74) is 3.64. The van der Waals surface area contributed by atoms with Crippen molar-refractivity contribution in [2.24, 2.45) is 0 Å². The van der Waals surface area contributed by atoms with Crippen LogP contribution in [0.3, 0.4) is 0 Å². The summed E-state index contributed by atoms with van der Waals surface area (Å²) in [4.78, 5) is 37.5. The Balaban J connectivity index is 0.000000451. The number of rotatable bonds is 5. The van der Waals surface area contributed by atoms with Crippen LogP contribution in [0.4, 0.5) is 13.2 Å². The fraction of sp³-hybridized carbons (Fsp3) is 0.429. The van der Waals surface area contributed by atoms with E-state index in [4.69, 9.17) is 14.6 Å². The molecule has 1 atom stereocenters. The fourth-order valence-electron chi connectivity index (χ4n) is 3.25. The van der Waals surface area contributed by atoms with Crippen LogP contribution in [-0.2, 0) is 28.9 Å². The molecule has 2 aromatic heterocycles. The summed E-state index contributed by atoms with van der Waals surface area (Å²) in [6.07, 6.45) is -1.17. The third-order valence-corrected chi connectivity index (χ3v) is 4.86. The highest BCUT2D eigenvalue weighted by Crippen LogP contribution is 2.20. The van der Waals surface area contributed by atoms with Gasteiger partial charge in [0.15, 0.2) is 0 Å². The number of hydrogen-bond acceptors (Lipinski definition) is 5. The molecule has 0 aliphatic heterocycles. The summed E-state index contributed by atoms with van der Waals surface area (Å²) in [6.45, 7) is 2.96. The number of pyridine rings is 2. The first-order chi connectivity index (χ1) is 15.0. The number of fused-ring (bicyclic) bond motifs is 1. The molecule has 11 heteroatoms. The SMILES string of the molecule is COCCn1c2c(ccc1=O)CC(NC(=O)c1ccc(C)nc1)CC2.O=C(O)C(F)(F)F. The Kier molecular flexibility index (Phi) is 8.53. The van der Waals surface area contributed by atoms with Crippen molar-refractivity contribution in [2.45, 2.75) is 44.9 Å². The second-order valence-corrected chi connectivity index (χ2v) is 7.19. The first-order valence-corrected chi connectivity index (χ1v) is 9.77. The van der Waals surface area contributed by atoms with Crippen molar-refractivity contribution in [1.29, 1.82) is 0 Å². The first kappa shape index (κ1) is 25.1. The van der Waals surface area contributed by atoms with Gasteiger partial charge in [-0.05, 0) is 43.9 Å². The van der Waals surface area contributed by atoms with Gasteiger partial charge in [0.05, 0.1) is 12.2 Å². The number of ether oxygens (including phenoxy) is 1. The maximum atomic E-state index is 12.4. The zero-order chi connectivity index (χ0) is 23.9. The average molecular weight is 455 g/mol. The number of amides is 1. The van der Waals surface area contributed by atoms with Gasteiger partial charge in [-0.25, -0.2) is 4.79 Å². The van der Waals surface area contributed by atoms with Crippen LogP contribution in [0.2, 0.25) is 0 Å². The number of nitrogens with zero attached hydrogens (tertiary/aromatic N) is 2. The monoisotopic (exact) mass is 455 g/mol. The molecule has 0 aromatic carbocycles. The fourth-order valence-corrected chi connectivity index (χ4v) is 3.25. The quantitative estimate of drug-likeness (QED) is 0.715. The Labute approximate surface area is 182 Å². The molecule has 0 spiro atoms. The van der Waals surface area contributed by atoms with Gasteiger partial charge in [0.2, 0.25) is 0 Å². The molecule has 8 nitrogen and oxygen atoms in total. The first-order valence-electron chi connectivity index (χ1n) is 9.77. The number of nitrogens with one attached hydrogen (secondary N) is 1. The largest absolute Gasteiger partial charge is 0.490 e. The minimum absolute atomic E-state index is 0.00372. The Morgan fingerprint density at radius 1 is 1.28 bits per heavy atom. The number of carbonyl (C=O) groups is 2. The highest BCUT2D eigenvalue weighted by atomic mass is 19.4. The molecule has 2 aromatic rings. The number of alkyl halides is 3. The lowest BCUT2D eigenvalue weighted by atomic mass is 9.91. The van der Waals surface area contributed by atoms with Crippen LogP contribution >= 0.6 is 0 Å². The maximum absolute atomic E-state index is 12.4.